The molecule has 3 heteroatoms. The summed E-state index contributed by atoms with van der Waals surface area (Å²) in [7, 11) is 0. The summed E-state index contributed by atoms with van der Waals surface area (Å²) in [6, 6.07) is 63.0. The van der Waals surface area contributed by atoms with Gasteiger partial charge in [-0.2, -0.15) is 0 Å². The van der Waals surface area contributed by atoms with Crippen molar-refractivity contribution in [3.63, 3.8) is 0 Å². The summed E-state index contributed by atoms with van der Waals surface area (Å²) in [6.07, 6.45) is 0.907. The first kappa shape index (κ1) is 34.7. The molecule has 0 saturated heterocycles. The molecule has 0 radical (unpaired) electrons. The first-order valence-electron chi connectivity index (χ1n) is 21.0. The molecule has 286 valence electrons. The lowest BCUT2D eigenvalue weighted by Crippen LogP contribution is -2.13. The summed E-state index contributed by atoms with van der Waals surface area (Å²) < 4.78 is 6.74. The number of benzene rings is 10. The van der Waals surface area contributed by atoms with Gasteiger partial charge in [0.2, 0.25) is 0 Å². The zero-order valence-electron chi connectivity index (χ0n) is 34.2. The molecule has 0 fully saturated rings. The van der Waals surface area contributed by atoms with Gasteiger partial charge in [-0.25, -0.2) is 0 Å². The van der Waals surface area contributed by atoms with Gasteiger partial charge in [0.05, 0.1) is 22.7 Å². The maximum atomic E-state index is 6.74. The summed E-state index contributed by atoms with van der Waals surface area (Å²) in [6.45, 7) is 8.78. The van der Waals surface area contributed by atoms with Crippen molar-refractivity contribution in [2.75, 3.05) is 9.80 Å². The predicted octanol–water partition coefficient (Wildman–Crippen LogP) is 16.2. The molecular weight excluding hydrogens is 729 g/mol. The number of para-hydroxylation sites is 2. The minimum absolute atomic E-state index is 0.882. The van der Waals surface area contributed by atoms with Gasteiger partial charge in [-0.15, -0.1) is 0 Å². The highest BCUT2D eigenvalue weighted by molar-refractivity contribution is 6.28. The van der Waals surface area contributed by atoms with E-state index in [0.29, 0.717) is 0 Å². The summed E-state index contributed by atoms with van der Waals surface area (Å²) >= 11 is 0. The molecule has 0 atom stereocenters. The third kappa shape index (κ3) is 5.22. The average molecular weight is 771 g/mol. The molecule has 0 unspecified atom stereocenters. The molecule has 1 aliphatic rings. The number of anilines is 6. The molecule has 11 aromatic rings. The van der Waals surface area contributed by atoms with Gasteiger partial charge in [-0.1, -0.05) is 115 Å². The molecule has 0 spiro atoms. The highest BCUT2D eigenvalue weighted by Gasteiger charge is 2.28. The van der Waals surface area contributed by atoms with Gasteiger partial charge in [0.25, 0.3) is 0 Å². The number of furan rings is 1. The Morgan fingerprint density at radius 2 is 0.917 bits per heavy atom. The van der Waals surface area contributed by atoms with Gasteiger partial charge in [0.15, 0.2) is 5.58 Å². The van der Waals surface area contributed by atoms with E-state index in [1.807, 2.05) is 6.07 Å². The molecule has 1 heterocycles. The van der Waals surface area contributed by atoms with Crippen LogP contribution in [0.4, 0.5) is 34.1 Å². The third-order valence-corrected chi connectivity index (χ3v) is 12.7. The Morgan fingerprint density at radius 3 is 1.58 bits per heavy atom. The number of hydrogen-bond donors (Lipinski definition) is 0. The fourth-order valence-corrected chi connectivity index (χ4v) is 10.4. The van der Waals surface area contributed by atoms with Crippen molar-refractivity contribution in [2.45, 2.75) is 34.1 Å². The van der Waals surface area contributed by atoms with Crippen LogP contribution in [0.25, 0.3) is 65.4 Å². The average Bonchev–Trinajstić information content (AvgIpc) is 3.83. The van der Waals surface area contributed by atoms with E-state index in [9.17, 15) is 0 Å². The van der Waals surface area contributed by atoms with Crippen LogP contribution in [0, 0.1) is 27.7 Å². The highest BCUT2D eigenvalue weighted by atomic mass is 16.3. The van der Waals surface area contributed by atoms with Gasteiger partial charge in [0, 0.05) is 39.3 Å². The van der Waals surface area contributed by atoms with Crippen LogP contribution in [-0.4, -0.2) is 0 Å². The van der Waals surface area contributed by atoms with E-state index in [1.165, 1.54) is 93.9 Å². The molecule has 1 aliphatic carbocycles. The lowest BCUT2D eigenvalue weighted by molar-refractivity contribution is 0.669. The number of fused-ring (bicyclic) bond motifs is 6. The third-order valence-electron chi connectivity index (χ3n) is 12.7. The van der Waals surface area contributed by atoms with Crippen LogP contribution >= 0.6 is 0 Å². The second-order valence-electron chi connectivity index (χ2n) is 16.8. The molecule has 0 amide bonds. The van der Waals surface area contributed by atoms with Crippen LogP contribution in [0.15, 0.2) is 174 Å². The summed E-state index contributed by atoms with van der Waals surface area (Å²) in [4.78, 5) is 4.95. The van der Waals surface area contributed by atoms with E-state index in [1.54, 1.807) is 0 Å². The molecule has 60 heavy (non-hydrogen) atoms. The van der Waals surface area contributed by atoms with Crippen molar-refractivity contribution >= 4 is 88.4 Å². The van der Waals surface area contributed by atoms with Gasteiger partial charge < -0.3 is 14.2 Å². The maximum absolute atomic E-state index is 6.74. The van der Waals surface area contributed by atoms with Crippen molar-refractivity contribution in [1.29, 1.82) is 0 Å². The van der Waals surface area contributed by atoms with E-state index >= 15 is 0 Å². The van der Waals surface area contributed by atoms with Gasteiger partial charge in [-0.3, -0.25) is 0 Å². The molecule has 1 aromatic heterocycles. The first-order chi connectivity index (χ1) is 29.4. The van der Waals surface area contributed by atoms with Crippen molar-refractivity contribution in [3.05, 3.63) is 203 Å². The fraction of sp³-hybridized carbons (Fsp3) is 0.0877. The molecule has 0 saturated carbocycles. The highest BCUT2D eigenvalue weighted by Crippen LogP contribution is 2.51. The SMILES string of the molecule is Cc1cc(C)cc(N(c2cccc3c2Cc2ccccc2-3)c2ccc3ccc4c(N(c5cc(C)cc(C)c5)c5cccc6c5oc5ccccc56)ccc5ccc2c3c54)c1. The Balaban J connectivity index is 1.13. The largest absolute Gasteiger partial charge is 0.454 e. The zero-order valence-corrected chi connectivity index (χ0v) is 34.2. The van der Waals surface area contributed by atoms with Crippen molar-refractivity contribution in [3.8, 4) is 11.1 Å². The maximum Gasteiger partial charge on any atom is 0.159 e. The Hall–Kier alpha value is -7.36. The van der Waals surface area contributed by atoms with E-state index < -0.39 is 0 Å². The lowest BCUT2D eigenvalue weighted by Gasteiger charge is -2.31. The normalized spacial score (nSPS) is 12.3. The molecule has 0 N–H and O–H groups in total. The monoisotopic (exact) mass is 770 g/mol. The van der Waals surface area contributed by atoms with E-state index in [-0.39, 0.29) is 0 Å². The zero-order chi connectivity index (χ0) is 40.2. The van der Waals surface area contributed by atoms with Crippen LogP contribution in [0.1, 0.15) is 33.4 Å². The molecule has 0 bridgehead atoms. The number of hydrogen-bond acceptors (Lipinski definition) is 3. The van der Waals surface area contributed by atoms with Crippen LogP contribution in [0.2, 0.25) is 0 Å². The van der Waals surface area contributed by atoms with Crippen LogP contribution in [0.3, 0.4) is 0 Å². The molecule has 3 nitrogen and oxygen atoms in total. The Bertz CT molecular complexity index is 3500. The van der Waals surface area contributed by atoms with Gasteiger partial charge >= 0.3 is 0 Å². The Morgan fingerprint density at radius 1 is 0.400 bits per heavy atom. The number of rotatable bonds is 6. The first-order valence-corrected chi connectivity index (χ1v) is 21.0. The summed E-state index contributed by atoms with van der Waals surface area (Å²) in [5.74, 6) is 0. The second kappa shape index (κ2) is 13.1. The standard InChI is InChI=1S/C57H42N2O/c1-34-27-35(2)30-41(29-34)58(50-16-9-14-44-43-12-6-5-11-40(43)33-49(44)50)51-25-21-38-20-24-48-52(26-22-39-19-23-47(51)55(38)56(39)48)59(42-31-36(3)28-37(4)32-42)53-17-10-15-46-45-13-7-8-18-54(45)60-57(46)53/h5-32H,33H2,1-4H3. The van der Waals surface area contributed by atoms with Crippen LogP contribution in [0.5, 0.6) is 0 Å². The summed E-state index contributed by atoms with van der Waals surface area (Å²) in [5.41, 5.74) is 18.9. The number of aryl methyl sites for hydroxylation is 4. The van der Waals surface area contributed by atoms with Gasteiger partial charge in [-0.05, 0) is 148 Å². The van der Waals surface area contributed by atoms with Gasteiger partial charge in [0.1, 0.15) is 5.58 Å². The molecule has 0 aliphatic heterocycles. The van der Waals surface area contributed by atoms with E-state index in [2.05, 4.69) is 201 Å². The summed E-state index contributed by atoms with van der Waals surface area (Å²) in [5, 5.41) is 9.66. The quantitative estimate of drug-likeness (QED) is 0.157. The minimum Gasteiger partial charge on any atom is -0.454 e. The predicted molar refractivity (Wildman–Crippen MR) is 254 cm³/mol. The Kier molecular flexibility index (Phi) is 7.55. The molecule has 12 rings (SSSR count). The van der Waals surface area contributed by atoms with Crippen LogP contribution < -0.4 is 9.80 Å². The van der Waals surface area contributed by atoms with Crippen LogP contribution in [-0.2, 0) is 6.42 Å². The smallest absolute Gasteiger partial charge is 0.159 e. The van der Waals surface area contributed by atoms with Crippen molar-refractivity contribution < 1.29 is 4.42 Å². The van der Waals surface area contributed by atoms with E-state index in [4.69, 9.17) is 4.42 Å². The van der Waals surface area contributed by atoms with Crippen molar-refractivity contribution in [1.82, 2.24) is 0 Å². The lowest BCUT2D eigenvalue weighted by atomic mass is 9.91. The molecule has 10 aromatic carbocycles. The topological polar surface area (TPSA) is 19.6 Å². The minimum atomic E-state index is 0.882. The Labute approximate surface area is 349 Å². The second-order valence-corrected chi connectivity index (χ2v) is 16.8. The number of nitrogens with zero attached hydrogens (tertiary/aromatic N) is 2. The van der Waals surface area contributed by atoms with E-state index in [0.717, 1.165) is 45.4 Å². The molecular formula is C57H42N2O. The fourth-order valence-electron chi connectivity index (χ4n) is 10.4. The van der Waals surface area contributed by atoms with Crippen molar-refractivity contribution in [2.24, 2.45) is 0 Å².